The summed E-state index contributed by atoms with van der Waals surface area (Å²) < 4.78 is 32.5. The minimum Gasteiger partial charge on any atom is -0.379 e. The average molecular weight is 968 g/mol. The molecular weight excluding hydrogens is 875 g/mol. The molecule has 0 saturated carbocycles. The number of aromatic amines is 1. The molecule has 1 rings (SSSR count). The van der Waals surface area contributed by atoms with E-state index >= 15 is 0 Å². The van der Waals surface area contributed by atoms with Gasteiger partial charge in [-0.1, -0.05) is 103 Å². The number of nitrogens with one attached hydrogen (secondary N) is 3. The number of ketones is 3. The van der Waals surface area contributed by atoms with Crippen molar-refractivity contribution in [2.24, 2.45) is 11.7 Å². The van der Waals surface area contributed by atoms with E-state index in [-0.39, 0.29) is 70.9 Å². The molecule has 1 aromatic rings. The molecule has 0 aliphatic carbocycles. The number of aromatic nitrogens is 2. The predicted octanol–water partition coefficient (Wildman–Crippen LogP) is 7.11. The fourth-order valence-electron chi connectivity index (χ4n) is 7.33. The van der Waals surface area contributed by atoms with Gasteiger partial charge in [0, 0.05) is 77.6 Å². The van der Waals surface area contributed by atoms with Crippen molar-refractivity contribution in [1.82, 2.24) is 20.6 Å². The number of rotatable bonds is 53. The molecule has 394 valence electrons. The molecule has 0 spiro atoms. The van der Waals surface area contributed by atoms with Crippen LogP contribution < -0.4 is 16.4 Å². The minimum absolute atomic E-state index is 0. The van der Waals surface area contributed by atoms with E-state index in [4.69, 9.17) is 34.2 Å². The summed E-state index contributed by atoms with van der Waals surface area (Å²) in [6, 6.07) is 0. The van der Waals surface area contributed by atoms with Crippen LogP contribution in [0, 0.1) is 5.92 Å². The average Bonchev–Trinajstić information content (AvgIpc) is 3.85. The number of Topliss-reactive ketones (excluding diaryl/α,β-unsaturated/α-hetero) is 3. The van der Waals surface area contributed by atoms with E-state index in [1.807, 2.05) is 0 Å². The number of amides is 3. The van der Waals surface area contributed by atoms with Crippen LogP contribution >= 0.6 is 0 Å². The number of unbranched alkanes of at least 4 members (excludes halogenated alkanes) is 15. The van der Waals surface area contributed by atoms with E-state index in [1.54, 1.807) is 12.5 Å². The van der Waals surface area contributed by atoms with Crippen LogP contribution in [-0.2, 0) is 63.6 Å². The standard InChI is InChI=1S/C51H91N5O12.H2/c1-2-3-4-5-6-7-8-9-10-11-12-13-14-15-16-22-46(57)23-19-29-63-32-37-68-42-50(61)55-28-31-65-34-35-66-40-48(59)24-20-30-64-33-36-67-41-49(60)54-27-18-17-21-44(51(52)62)38-47(58)26-25-45-39-53-43-56-45;/h39,43-44H,2-38,40-42H2,1H3,(H2,52,62)(H,53,56)(H,54,60)(H,55,61);1H/t44-;/m1./s1. The second-order valence-electron chi connectivity index (χ2n) is 17.6. The molecule has 0 bridgehead atoms. The third-order valence-corrected chi connectivity index (χ3v) is 11.4. The Morgan fingerprint density at radius 1 is 0.529 bits per heavy atom. The largest absolute Gasteiger partial charge is 0.379 e. The zero-order chi connectivity index (χ0) is 49.4. The van der Waals surface area contributed by atoms with Crippen LogP contribution in [0.2, 0.25) is 0 Å². The lowest BCUT2D eigenvalue weighted by molar-refractivity contribution is -0.127. The zero-order valence-corrected chi connectivity index (χ0v) is 41.9. The SMILES string of the molecule is CCCCCCCCCCCCCCCCCC(=O)CCCOCCOCC(=O)NCCOCCOCC(=O)CCCOCCOCC(=O)NCCCC[C@H](CC(=O)CCc1cnc[nH]1)C(N)=O.[HH]. The number of primary amides is 1. The predicted molar refractivity (Wildman–Crippen MR) is 264 cm³/mol. The lowest BCUT2D eigenvalue weighted by Gasteiger charge is -2.12. The Morgan fingerprint density at radius 3 is 1.56 bits per heavy atom. The highest BCUT2D eigenvalue weighted by atomic mass is 16.5. The van der Waals surface area contributed by atoms with Crippen LogP contribution in [0.25, 0.3) is 0 Å². The first kappa shape index (κ1) is 62.4. The van der Waals surface area contributed by atoms with Gasteiger partial charge < -0.3 is 49.8 Å². The zero-order valence-electron chi connectivity index (χ0n) is 41.9. The monoisotopic (exact) mass is 968 g/mol. The van der Waals surface area contributed by atoms with Crippen molar-refractivity contribution in [2.75, 3.05) is 92.4 Å². The van der Waals surface area contributed by atoms with E-state index in [2.05, 4.69) is 27.5 Å². The Kier molecular flexibility index (Phi) is 43.2. The Morgan fingerprint density at radius 2 is 1.01 bits per heavy atom. The molecular formula is C51H93N5O12. The molecule has 5 N–H and O–H groups in total. The highest BCUT2D eigenvalue weighted by molar-refractivity contribution is 5.86. The second-order valence-corrected chi connectivity index (χ2v) is 17.6. The molecule has 0 fully saturated rings. The van der Waals surface area contributed by atoms with E-state index in [0.29, 0.717) is 123 Å². The van der Waals surface area contributed by atoms with Gasteiger partial charge in [-0.2, -0.15) is 0 Å². The summed E-state index contributed by atoms with van der Waals surface area (Å²) in [5.74, 6) is -1.28. The normalized spacial score (nSPS) is 11.7. The summed E-state index contributed by atoms with van der Waals surface area (Å²) in [5, 5.41) is 5.49. The molecule has 0 unspecified atom stereocenters. The van der Waals surface area contributed by atoms with Crippen LogP contribution in [-0.4, -0.2) is 137 Å². The maximum Gasteiger partial charge on any atom is 0.246 e. The van der Waals surface area contributed by atoms with Crippen LogP contribution in [0.3, 0.4) is 0 Å². The number of carbonyl (C=O) groups is 6. The summed E-state index contributed by atoms with van der Waals surface area (Å²) in [4.78, 5) is 79.2. The van der Waals surface area contributed by atoms with Crippen molar-refractivity contribution >= 4 is 35.1 Å². The van der Waals surface area contributed by atoms with E-state index < -0.39 is 11.8 Å². The van der Waals surface area contributed by atoms with Crippen molar-refractivity contribution in [1.29, 1.82) is 0 Å². The summed E-state index contributed by atoms with van der Waals surface area (Å²) in [6.07, 6.45) is 28.5. The Balaban J connectivity index is 0.0000462. The summed E-state index contributed by atoms with van der Waals surface area (Å²) in [5.41, 5.74) is 6.37. The maximum atomic E-state index is 12.3. The van der Waals surface area contributed by atoms with Crippen molar-refractivity contribution in [3.63, 3.8) is 0 Å². The quantitative estimate of drug-likeness (QED) is 0.0477. The molecule has 0 radical (unpaired) electrons. The first-order valence-corrected chi connectivity index (χ1v) is 26.0. The van der Waals surface area contributed by atoms with Crippen LogP contribution in [0.4, 0.5) is 0 Å². The highest BCUT2D eigenvalue weighted by Crippen LogP contribution is 2.16. The highest BCUT2D eigenvalue weighted by Gasteiger charge is 2.19. The van der Waals surface area contributed by atoms with Gasteiger partial charge >= 0.3 is 0 Å². The van der Waals surface area contributed by atoms with Crippen molar-refractivity contribution < 1.29 is 58.6 Å². The number of nitrogens with zero attached hydrogens (tertiary/aromatic N) is 1. The molecule has 1 heterocycles. The number of hydrogen-bond acceptors (Lipinski definition) is 13. The maximum absolute atomic E-state index is 12.3. The third kappa shape index (κ3) is 42.5. The third-order valence-electron chi connectivity index (χ3n) is 11.4. The summed E-state index contributed by atoms with van der Waals surface area (Å²) in [7, 11) is 0. The van der Waals surface area contributed by atoms with Crippen molar-refractivity contribution in [2.45, 2.75) is 174 Å². The molecule has 68 heavy (non-hydrogen) atoms. The number of hydrogen-bond donors (Lipinski definition) is 4. The lowest BCUT2D eigenvalue weighted by Crippen LogP contribution is -2.31. The topological polar surface area (TPSA) is 237 Å². The van der Waals surface area contributed by atoms with Crippen LogP contribution in [0.5, 0.6) is 0 Å². The fourth-order valence-corrected chi connectivity index (χ4v) is 7.33. The van der Waals surface area contributed by atoms with Gasteiger partial charge in [0.05, 0.1) is 52.6 Å². The van der Waals surface area contributed by atoms with Gasteiger partial charge in [0.25, 0.3) is 0 Å². The molecule has 1 aromatic heterocycles. The first-order chi connectivity index (χ1) is 33.2. The second kappa shape index (κ2) is 47.1. The fraction of sp³-hybridized carbons (Fsp3) is 0.824. The molecule has 17 nitrogen and oxygen atoms in total. The van der Waals surface area contributed by atoms with Gasteiger partial charge in [0.2, 0.25) is 17.7 Å². The first-order valence-electron chi connectivity index (χ1n) is 26.0. The van der Waals surface area contributed by atoms with Crippen molar-refractivity contribution in [3.8, 4) is 0 Å². The summed E-state index contributed by atoms with van der Waals surface area (Å²) in [6.45, 7) is 5.73. The molecule has 1 atom stereocenters. The van der Waals surface area contributed by atoms with E-state index in [1.165, 1.54) is 83.5 Å². The van der Waals surface area contributed by atoms with Gasteiger partial charge in [-0.25, -0.2) is 4.98 Å². The van der Waals surface area contributed by atoms with Gasteiger partial charge in [-0.05, 0) is 38.5 Å². The number of aryl methyl sites for hydroxylation is 1. The van der Waals surface area contributed by atoms with Gasteiger partial charge in [0.15, 0.2) is 5.78 Å². The Labute approximate surface area is 409 Å². The Bertz CT molecular complexity index is 1410. The number of nitrogens with two attached hydrogens (primary N) is 1. The lowest BCUT2D eigenvalue weighted by atomic mass is 9.94. The minimum atomic E-state index is -0.523. The van der Waals surface area contributed by atoms with Crippen LogP contribution in [0.1, 0.15) is 175 Å². The number of imidazole rings is 1. The summed E-state index contributed by atoms with van der Waals surface area (Å²) >= 11 is 0. The number of H-pyrrole nitrogens is 1. The number of ether oxygens (including phenoxy) is 6. The molecule has 3 amide bonds. The molecule has 0 aromatic carbocycles. The van der Waals surface area contributed by atoms with E-state index in [9.17, 15) is 28.8 Å². The molecule has 0 saturated heterocycles. The van der Waals surface area contributed by atoms with E-state index in [0.717, 1.165) is 18.5 Å². The number of carbonyl (C=O) groups excluding carboxylic acids is 6. The van der Waals surface area contributed by atoms with Gasteiger partial charge in [-0.3, -0.25) is 28.8 Å². The molecule has 0 aliphatic heterocycles. The van der Waals surface area contributed by atoms with Crippen LogP contribution in [0.15, 0.2) is 12.5 Å². The van der Waals surface area contributed by atoms with Gasteiger partial charge in [-0.15, -0.1) is 0 Å². The molecule has 17 heteroatoms. The van der Waals surface area contributed by atoms with Gasteiger partial charge in [0.1, 0.15) is 31.4 Å². The Hall–Kier alpha value is -3.61. The van der Waals surface area contributed by atoms with Crippen molar-refractivity contribution in [3.05, 3.63) is 18.2 Å². The molecule has 0 aliphatic rings. The smallest absolute Gasteiger partial charge is 0.246 e.